The molecule has 2 rings (SSSR count). The third kappa shape index (κ3) is 1.96. The first-order chi connectivity index (χ1) is 8.30. The molecule has 1 aromatic carbocycles. The van der Waals surface area contributed by atoms with Gasteiger partial charge in [0, 0.05) is 6.07 Å². The first kappa shape index (κ1) is 11.1. The van der Waals surface area contributed by atoms with Crippen molar-refractivity contribution in [3.05, 3.63) is 30.1 Å². The van der Waals surface area contributed by atoms with Crippen LogP contribution < -0.4 is 9.47 Å². The van der Waals surface area contributed by atoms with E-state index in [2.05, 4.69) is 10.3 Å². The lowest BCUT2D eigenvalue weighted by molar-refractivity contribution is 0.111. The second-order valence-corrected chi connectivity index (χ2v) is 3.23. The Kier molecular flexibility index (Phi) is 3.04. The summed E-state index contributed by atoms with van der Waals surface area (Å²) in [6.07, 6.45) is 2.06. The second-order valence-electron chi connectivity index (χ2n) is 3.23. The van der Waals surface area contributed by atoms with Crippen LogP contribution in [0.1, 0.15) is 10.5 Å². The molecular weight excluding hydrogens is 222 g/mol. The van der Waals surface area contributed by atoms with Crippen LogP contribution in [-0.2, 0) is 0 Å². The number of rotatable bonds is 4. The van der Waals surface area contributed by atoms with Crippen molar-refractivity contribution in [2.24, 2.45) is 0 Å². The van der Waals surface area contributed by atoms with Crippen LogP contribution in [0.5, 0.6) is 11.5 Å². The summed E-state index contributed by atoms with van der Waals surface area (Å²) in [5.41, 5.74) is 0.947. The average molecular weight is 233 g/mol. The molecule has 0 aliphatic carbocycles. The van der Waals surface area contributed by atoms with Crippen molar-refractivity contribution in [2.45, 2.75) is 0 Å². The van der Waals surface area contributed by atoms with Gasteiger partial charge in [0.05, 0.1) is 20.4 Å². The largest absolute Gasteiger partial charge is 0.497 e. The molecule has 0 N–H and O–H groups in total. The maximum Gasteiger partial charge on any atom is 0.170 e. The predicted octanol–water partition coefficient (Wildman–Crippen LogP) is 1.10. The van der Waals surface area contributed by atoms with Crippen LogP contribution in [0.15, 0.2) is 24.4 Å². The van der Waals surface area contributed by atoms with Gasteiger partial charge in [-0.05, 0) is 12.1 Å². The van der Waals surface area contributed by atoms with Gasteiger partial charge in [0.15, 0.2) is 6.29 Å². The molecule has 2 aromatic rings. The summed E-state index contributed by atoms with van der Waals surface area (Å²) >= 11 is 0. The van der Waals surface area contributed by atoms with Crippen molar-refractivity contribution in [1.29, 1.82) is 0 Å². The van der Waals surface area contributed by atoms with Gasteiger partial charge in [-0.3, -0.25) is 4.79 Å². The minimum absolute atomic E-state index is 0.344. The normalized spacial score (nSPS) is 10.0. The number of carbonyl (C=O) groups is 1. The summed E-state index contributed by atoms with van der Waals surface area (Å²) < 4.78 is 11.7. The first-order valence-electron chi connectivity index (χ1n) is 4.88. The number of benzene rings is 1. The molecule has 1 aromatic heterocycles. The molecule has 0 fully saturated rings. The van der Waals surface area contributed by atoms with Crippen molar-refractivity contribution in [3.63, 3.8) is 0 Å². The van der Waals surface area contributed by atoms with Gasteiger partial charge in [0.25, 0.3) is 0 Å². The molecule has 6 heteroatoms. The highest BCUT2D eigenvalue weighted by Gasteiger charge is 2.11. The van der Waals surface area contributed by atoms with Crippen LogP contribution in [0.3, 0.4) is 0 Å². The van der Waals surface area contributed by atoms with E-state index in [1.54, 1.807) is 32.4 Å². The van der Waals surface area contributed by atoms with E-state index in [4.69, 9.17) is 9.47 Å². The van der Waals surface area contributed by atoms with E-state index in [1.807, 2.05) is 0 Å². The Hall–Kier alpha value is -2.37. The SMILES string of the molecule is COc1ccc(OC)c(-n2nncc2C=O)c1. The average Bonchev–Trinajstić information content (AvgIpc) is 2.86. The molecule has 6 nitrogen and oxygen atoms in total. The lowest BCUT2D eigenvalue weighted by Gasteiger charge is -2.10. The number of aromatic nitrogens is 3. The quantitative estimate of drug-likeness (QED) is 0.740. The number of hydrogen-bond donors (Lipinski definition) is 0. The fourth-order valence-corrected chi connectivity index (χ4v) is 1.47. The molecule has 0 amide bonds. The van der Waals surface area contributed by atoms with E-state index in [0.717, 1.165) is 0 Å². The summed E-state index contributed by atoms with van der Waals surface area (Å²) in [5.74, 6) is 1.23. The molecule has 0 atom stereocenters. The molecule has 0 saturated carbocycles. The molecular formula is C11H11N3O3. The molecule has 0 saturated heterocycles. The van der Waals surface area contributed by atoms with E-state index >= 15 is 0 Å². The van der Waals surface area contributed by atoms with E-state index < -0.39 is 0 Å². The van der Waals surface area contributed by atoms with Crippen molar-refractivity contribution in [1.82, 2.24) is 15.0 Å². The van der Waals surface area contributed by atoms with Gasteiger partial charge in [0.1, 0.15) is 22.9 Å². The highest BCUT2D eigenvalue weighted by Crippen LogP contribution is 2.27. The fourth-order valence-electron chi connectivity index (χ4n) is 1.47. The summed E-state index contributed by atoms with van der Waals surface area (Å²) in [6.45, 7) is 0. The molecule has 0 radical (unpaired) electrons. The number of methoxy groups -OCH3 is 2. The summed E-state index contributed by atoms with van der Waals surface area (Å²) in [5, 5.41) is 7.53. The topological polar surface area (TPSA) is 66.2 Å². The molecule has 0 unspecified atom stereocenters. The highest BCUT2D eigenvalue weighted by molar-refractivity contribution is 5.73. The fraction of sp³-hybridized carbons (Fsp3) is 0.182. The van der Waals surface area contributed by atoms with Gasteiger partial charge in [-0.2, -0.15) is 0 Å². The predicted molar refractivity (Wildman–Crippen MR) is 59.9 cm³/mol. The molecule has 0 bridgehead atoms. The Morgan fingerprint density at radius 3 is 2.76 bits per heavy atom. The van der Waals surface area contributed by atoms with Gasteiger partial charge in [0.2, 0.25) is 0 Å². The molecule has 1 heterocycles. The Morgan fingerprint density at radius 1 is 1.29 bits per heavy atom. The summed E-state index contributed by atoms with van der Waals surface area (Å²) in [6, 6.07) is 5.23. The van der Waals surface area contributed by atoms with Crippen LogP contribution in [0, 0.1) is 0 Å². The third-order valence-corrected chi connectivity index (χ3v) is 2.31. The number of carbonyl (C=O) groups excluding carboxylic acids is 1. The second kappa shape index (κ2) is 4.65. The summed E-state index contributed by atoms with van der Waals surface area (Å²) in [7, 11) is 3.11. The summed E-state index contributed by atoms with van der Waals surface area (Å²) in [4.78, 5) is 10.8. The standard InChI is InChI=1S/C11H11N3O3/c1-16-9-3-4-11(17-2)10(5-9)14-8(7-15)6-12-13-14/h3-7H,1-2H3. The van der Waals surface area contributed by atoms with Gasteiger partial charge in [-0.15, -0.1) is 5.10 Å². The zero-order valence-electron chi connectivity index (χ0n) is 9.45. The van der Waals surface area contributed by atoms with Crippen LogP contribution in [0.4, 0.5) is 0 Å². The molecule has 88 valence electrons. The maximum absolute atomic E-state index is 10.8. The number of aldehydes is 1. The van der Waals surface area contributed by atoms with Crippen molar-refractivity contribution >= 4 is 6.29 Å². The van der Waals surface area contributed by atoms with Crippen LogP contribution in [0.2, 0.25) is 0 Å². The van der Waals surface area contributed by atoms with Gasteiger partial charge >= 0.3 is 0 Å². The van der Waals surface area contributed by atoms with E-state index in [-0.39, 0.29) is 0 Å². The number of ether oxygens (including phenoxy) is 2. The van der Waals surface area contributed by atoms with Crippen LogP contribution >= 0.6 is 0 Å². The maximum atomic E-state index is 10.8. The smallest absolute Gasteiger partial charge is 0.170 e. The van der Waals surface area contributed by atoms with Gasteiger partial charge in [-0.25, -0.2) is 4.68 Å². The zero-order chi connectivity index (χ0) is 12.3. The lowest BCUT2D eigenvalue weighted by Crippen LogP contribution is -2.04. The third-order valence-electron chi connectivity index (χ3n) is 2.31. The van der Waals surface area contributed by atoms with Crippen LogP contribution in [0.25, 0.3) is 5.69 Å². The minimum Gasteiger partial charge on any atom is -0.497 e. The Labute approximate surface area is 97.8 Å². The van der Waals surface area contributed by atoms with E-state index in [9.17, 15) is 4.79 Å². The van der Waals surface area contributed by atoms with Crippen LogP contribution in [-0.4, -0.2) is 35.5 Å². The Balaban J connectivity index is 2.59. The highest BCUT2D eigenvalue weighted by atomic mass is 16.5. The van der Waals surface area contributed by atoms with Crippen molar-refractivity contribution in [2.75, 3.05) is 14.2 Å². The lowest BCUT2D eigenvalue weighted by atomic mass is 10.2. The zero-order valence-corrected chi connectivity index (χ0v) is 9.45. The number of nitrogens with zero attached hydrogens (tertiary/aromatic N) is 3. The number of hydrogen-bond acceptors (Lipinski definition) is 5. The van der Waals surface area contributed by atoms with Gasteiger partial charge in [-0.1, -0.05) is 5.21 Å². The first-order valence-corrected chi connectivity index (χ1v) is 4.88. The molecule has 17 heavy (non-hydrogen) atoms. The van der Waals surface area contributed by atoms with E-state index in [1.165, 1.54) is 10.9 Å². The monoisotopic (exact) mass is 233 g/mol. The molecule has 0 spiro atoms. The molecule has 0 aliphatic heterocycles. The Morgan fingerprint density at radius 2 is 2.12 bits per heavy atom. The Bertz CT molecular complexity index is 537. The van der Waals surface area contributed by atoms with Crippen molar-refractivity contribution < 1.29 is 14.3 Å². The van der Waals surface area contributed by atoms with Crippen molar-refractivity contribution in [3.8, 4) is 17.2 Å². The van der Waals surface area contributed by atoms with E-state index in [0.29, 0.717) is 29.2 Å². The molecule has 0 aliphatic rings. The minimum atomic E-state index is 0.344. The van der Waals surface area contributed by atoms with Gasteiger partial charge < -0.3 is 9.47 Å².